The number of nitro groups is 1. The molecule has 1 N–H and O–H groups in total. The zero-order valence-corrected chi connectivity index (χ0v) is 9.02. The van der Waals surface area contributed by atoms with Crippen LogP contribution in [0.15, 0.2) is 18.2 Å². The number of nitrogens with zero attached hydrogens (tertiary/aromatic N) is 1. The number of anilines is 1. The standard InChI is InChI=1S/C10H12N2O4/c1-3-16-10-6-8(11-7(2)13)4-5-9(10)12(14)15/h4-6H,3H2,1-2H3,(H,11,13). The molecule has 0 aliphatic carbocycles. The number of hydrogen-bond acceptors (Lipinski definition) is 4. The van der Waals surface area contributed by atoms with Gasteiger partial charge >= 0.3 is 5.69 Å². The minimum Gasteiger partial charge on any atom is -0.487 e. The molecular weight excluding hydrogens is 212 g/mol. The van der Waals surface area contributed by atoms with Crippen molar-refractivity contribution in [2.24, 2.45) is 0 Å². The highest BCUT2D eigenvalue weighted by molar-refractivity contribution is 5.89. The summed E-state index contributed by atoms with van der Waals surface area (Å²) in [5.74, 6) is -0.0879. The number of carbonyl (C=O) groups excluding carboxylic acids is 1. The summed E-state index contributed by atoms with van der Waals surface area (Å²) < 4.78 is 5.13. The van der Waals surface area contributed by atoms with Gasteiger partial charge in [-0.2, -0.15) is 0 Å². The molecule has 0 aliphatic rings. The van der Waals surface area contributed by atoms with E-state index in [1.807, 2.05) is 0 Å². The van der Waals surface area contributed by atoms with Crippen LogP contribution >= 0.6 is 0 Å². The van der Waals surface area contributed by atoms with Gasteiger partial charge in [0.25, 0.3) is 0 Å². The van der Waals surface area contributed by atoms with Crippen LogP contribution in [0.1, 0.15) is 13.8 Å². The number of carbonyl (C=O) groups is 1. The van der Waals surface area contributed by atoms with Crippen molar-refractivity contribution in [1.29, 1.82) is 0 Å². The zero-order valence-electron chi connectivity index (χ0n) is 9.02. The van der Waals surface area contributed by atoms with E-state index in [0.29, 0.717) is 12.3 Å². The minimum absolute atomic E-state index is 0.115. The molecule has 1 aromatic carbocycles. The Morgan fingerprint density at radius 1 is 1.56 bits per heavy atom. The highest BCUT2D eigenvalue weighted by atomic mass is 16.6. The average molecular weight is 224 g/mol. The van der Waals surface area contributed by atoms with E-state index in [4.69, 9.17) is 4.74 Å². The Labute approximate surface area is 92.4 Å². The van der Waals surface area contributed by atoms with Crippen LogP contribution < -0.4 is 10.1 Å². The number of hydrogen-bond donors (Lipinski definition) is 1. The van der Waals surface area contributed by atoms with E-state index in [2.05, 4.69) is 5.32 Å². The van der Waals surface area contributed by atoms with Crippen LogP contribution in [0.3, 0.4) is 0 Å². The van der Waals surface area contributed by atoms with Gasteiger partial charge in [-0.3, -0.25) is 14.9 Å². The summed E-state index contributed by atoms with van der Waals surface area (Å²) in [6.45, 7) is 3.42. The van der Waals surface area contributed by atoms with Crippen molar-refractivity contribution in [1.82, 2.24) is 0 Å². The molecule has 1 rings (SSSR count). The molecule has 1 aromatic rings. The van der Waals surface area contributed by atoms with Crippen LogP contribution in [0.4, 0.5) is 11.4 Å². The number of nitrogens with one attached hydrogen (secondary N) is 1. The normalized spacial score (nSPS) is 9.62. The lowest BCUT2D eigenvalue weighted by Gasteiger charge is -2.07. The fraction of sp³-hybridized carbons (Fsp3) is 0.300. The van der Waals surface area contributed by atoms with Gasteiger partial charge in [-0.15, -0.1) is 0 Å². The predicted octanol–water partition coefficient (Wildman–Crippen LogP) is 1.95. The molecule has 86 valence electrons. The van der Waals surface area contributed by atoms with E-state index < -0.39 is 4.92 Å². The van der Waals surface area contributed by atoms with E-state index in [0.717, 1.165) is 0 Å². The fourth-order valence-corrected chi connectivity index (χ4v) is 1.22. The first-order valence-electron chi connectivity index (χ1n) is 4.73. The highest BCUT2D eigenvalue weighted by Gasteiger charge is 2.15. The molecule has 6 nitrogen and oxygen atoms in total. The summed E-state index contributed by atoms with van der Waals surface area (Å²) in [4.78, 5) is 21.0. The Kier molecular flexibility index (Phi) is 3.82. The van der Waals surface area contributed by atoms with Crippen molar-refractivity contribution in [2.45, 2.75) is 13.8 Å². The molecule has 0 unspecified atom stereocenters. The lowest BCUT2D eigenvalue weighted by molar-refractivity contribution is -0.385. The maximum Gasteiger partial charge on any atom is 0.311 e. The van der Waals surface area contributed by atoms with E-state index in [-0.39, 0.29) is 17.3 Å². The van der Waals surface area contributed by atoms with Gasteiger partial charge in [0.05, 0.1) is 11.5 Å². The molecule has 6 heteroatoms. The summed E-state index contributed by atoms with van der Waals surface area (Å²) in [6, 6.07) is 4.20. The lowest BCUT2D eigenvalue weighted by atomic mass is 10.2. The molecule has 0 radical (unpaired) electrons. The smallest absolute Gasteiger partial charge is 0.311 e. The largest absolute Gasteiger partial charge is 0.487 e. The Morgan fingerprint density at radius 3 is 2.75 bits per heavy atom. The van der Waals surface area contributed by atoms with Gasteiger partial charge in [0, 0.05) is 24.7 Å². The zero-order chi connectivity index (χ0) is 12.1. The average Bonchev–Trinajstić information content (AvgIpc) is 2.17. The first-order valence-corrected chi connectivity index (χ1v) is 4.73. The molecule has 1 amide bonds. The number of amides is 1. The minimum atomic E-state index is -0.525. The third kappa shape index (κ3) is 2.94. The predicted molar refractivity (Wildman–Crippen MR) is 58.6 cm³/mol. The number of ether oxygens (including phenoxy) is 1. The fourth-order valence-electron chi connectivity index (χ4n) is 1.22. The van der Waals surface area contributed by atoms with Crippen LogP contribution in [0.25, 0.3) is 0 Å². The van der Waals surface area contributed by atoms with Crippen molar-refractivity contribution < 1.29 is 14.5 Å². The van der Waals surface area contributed by atoms with Crippen LogP contribution in [-0.2, 0) is 4.79 Å². The SMILES string of the molecule is CCOc1cc(NC(C)=O)ccc1[N+](=O)[O-]. The van der Waals surface area contributed by atoms with Crippen molar-refractivity contribution in [3.63, 3.8) is 0 Å². The molecule has 0 aromatic heterocycles. The van der Waals surface area contributed by atoms with Gasteiger partial charge < -0.3 is 10.1 Å². The summed E-state index contributed by atoms with van der Waals surface area (Å²) in [5.41, 5.74) is 0.359. The Balaban J connectivity index is 3.06. The molecule has 0 aliphatic heterocycles. The molecule has 0 saturated carbocycles. The van der Waals surface area contributed by atoms with Crippen molar-refractivity contribution in [2.75, 3.05) is 11.9 Å². The van der Waals surface area contributed by atoms with Gasteiger partial charge in [0.2, 0.25) is 5.91 Å². The summed E-state index contributed by atoms with van der Waals surface area (Å²) in [6.07, 6.45) is 0. The third-order valence-electron chi connectivity index (χ3n) is 1.78. The summed E-state index contributed by atoms with van der Waals surface area (Å²) in [5, 5.41) is 13.2. The summed E-state index contributed by atoms with van der Waals surface area (Å²) >= 11 is 0. The molecule has 0 saturated heterocycles. The first-order chi connectivity index (χ1) is 7.54. The molecule has 0 atom stereocenters. The van der Waals surface area contributed by atoms with Gasteiger partial charge in [-0.1, -0.05) is 0 Å². The number of nitro benzene ring substituents is 1. The second-order valence-electron chi connectivity index (χ2n) is 3.05. The van der Waals surface area contributed by atoms with E-state index in [1.165, 1.54) is 25.1 Å². The topological polar surface area (TPSA) is 81.5 Å². The first kappa shape index (κ1) is 12.0. The second-order valence-corrected chi connectivity index (χ2v) is 3.05. The number of benzene rings is 1. The molecule has 0 bridgehead atoms. The maximum atomic E-state index is 10.8. The van der Waals surface area contributed by atoms with Gasteiger partial charge in [0.15, 0.2) is 5.75 Å². The van der Waals surface area contributed by atoms with E-state index >= 15 is 0 Å². The van der Waals surface area contributed by atoms with Crippen LogP contribution in [0.5, 0.6) is 5.75 Å². The van der Waals surface area contributed by atoms with Gasteiger partial charge in [-0.25, -0.2) is 0 Å². The molecular formula is C10H12N2O4. The monoisotopic (exact) mass is 224 g/mol. The quantitative estimate of drug-likeness (QED) is 0.626. The maximum absolute atomic E-state index is 10.8. The third-order valence-corrected chi connectivity index (χ3v) is 1.78. The molecule has 16 heavy (non-hydrogen) atoms. The van der Waals surface area contributed by atoms with E-state index in [1.54, 1.807) is 6.92 Å². The highest BCUT2D eigenvalue weighted by Crippen LogP contribution is 2.29. The van der Waals surface area contributed by atoms with E-state index in [9.17, 15) is 14.9 Å². The van der Waals surface area contributed by atoms with Gasteiger partial charge in [0.1, 0.15) is 0 Å². The van der Waals surface area contributed by atoms with Crippen molar-refractivity contribution >= 4 is 17.3 Å². The molecule has 0 spiro atoms. The van der Waals surface area contributed by atoms with Crippen LogP contribution in [0, 0.1) is 10.1 Å². The Morgan fingerprint density at radius 2 is 2.25 bits per heavy atom. The molecule has 0 fully saturated rings. The van der Waals surface area contributed by atoms with Gasteiger partial charge in [-0.05, 0) is 13.0 Å². The molecule has 0 heterocycles. The van der Waals surface area contributed by atoms with Crippen molar-refractivity contribution in [3.05, 3.63) is 28.3 Å². The van der Waals surface area contributed by atoms with Crippen LogP contribution in [-0.4, -0.2) is 17.4 Å². The van der Waals surface area contributed by atoms with Crippen LogP contribution in [0.2, 0.25) is 0 Å². The second kappa shape index (κ2) is 5.11. The number of rotatable bonds is 4. The lowest BCUT2D eigenvalue weighted by Crippen LogP contribution is -2.06. The van der Waals surface area contributed by atoms with Crippen molar-refractivity contribution in [3.8, 4) is 5.75 Å². The summed E-state index contributed by atoms with van der Waals surface area (Å²) in [7, 11) is 0. The Hall–Kier alpha value is -2.11. The Bertz CT molecular complexity index is 417.